The SMILES string of the molecule is COc1ccccc1C(O)c1cnn2ccccc12. The highest BCUT2D eigenvalue weighted by molar-refractivity contribution is 5.57. The Kier molecular flexibility index (Phi) is 2.93. The number of benzene rings is 1. The lowest BCUT2D eigenvalue weighted by atomic mass is 10.0. The fourth-order valence-electron chi connectivity index (χ4n) is 2.22. The van der Waals surface area contributed by atoms with Crippen molar-refractivity contribution in [3.05, 3.63) is 66.0 Å². The number of para-hydroxylation sites is 1. The van der Waals surface area contributed by atoms with Crippen molar-refractivity contribution in [1.29, 1.82) is 0 Å². The standard InChI is InChI=1S/C15H14N2O2/c1-19-14-8-3-2-6-11(14)15(18)12-10-16-17-9-5-4-7-13(12)17/h2-10,15,18H,1H3. The molecular weight excluding hydrogens is 240 g/mol. The zero-order valence-corrected chi connectivity index (χ0v) is 10.5. The molecule has 96 valence electrons. The first-order valence-corrected chi connectivity index (χ1v) is 6.04. The highest BCUT2D eigenvalue weighted by Crippen LogP contribution is 2.31. The highest BCUT2D eigenvalue weighted by atomic mass is 16.5. The molecule has 19 heavy (non-hydrogen) atoms. The molecule has 3 rings (SSSR count). The summed E-state index contributed by atoms with van der Waals surface area (Å²) in [5.41, 5.74) is 2.40. The molecule has 3 aromatic rings. The van der Waals surface area contributed by atoms with Crippen LogP contribution in [0.4, 0.5) is 0 Å². The van der Waals surface area contributed by atoms with Crippen LogP contribution in [0.3, 0.4) is 0 Å². The van der Waals surface area contributed by atoms with Gasteiger partial charge in [-0.1, -0.05) is 24.3 Å². The van der Waals surface area contributed by atoms with Gasteiger partial charge in [-0.25, -0.2) is 4.52 Å². The van der Waals surface area contributed by atoms with Crippen LogP contribution in [0.1, 0.15) is 17.2 Å². The van der Waals surface area contributed by atoms with Crippen LogP contribution in [0.25, 0.3) is 5.52 Å². The van der Waals surface area contributed by atoms with E-state index in [1.54, 1.807) is 17.8 Å². The third kappa shape index (κ3) is 1.96. The molecular formula is C15H14N2O2. The van der Waals surface area contributed by atoms with Crippen molar-refractivity contribution in [3.8, 4) is 5.75 Å². The molecule has 4 nitrogen and oxygen atoms in total. The van der Waals surface area contributed by atoms with E-state index in [1.165, 1.54) is 0 Å². The topological polar surface area (TPSA) is 46.8 Å². The molecule has 0 radical (unpaired) electrons. The number of nitrogens with zero attached hydrogens (tertiary/aromatic N) is 2. The number of aromatic nitrogens is 2. The lowest BCUT2D eigenvalue weighted by molar-refractivity contribution is 0.216. The third-order valence-corrected chi connectivity index (χ3v) is 3.18. The Morgan fingerprint density at radius 3 is 2.74 bits per heavy atom. The first-order chi connectivity index (χ1) is 9.31. The Morgan fingerprint density at radius 2 is 1.89 bits per heavy atom. The molecule has 1 unspecified atom stereocenters. The number of rotatable bonds is 3. The molecule has 0 saturated heterocycles. The van der Waals surface area contributed by atoms with E-state index in [1.807, 2.05) is 48.7 Å². The van der Waals surface area contributed by atoms with Gasteiger partial charge in [-0.3, -0.25) is 0 Å². The minimum atomic E-state index is -0.754. The Morgan fingerprint density at radius 1 is 1.11 bits per heavy atom. The lowest BCUT2D eigenvalue weighted by Crippen LogP contribution is -2.02. The zero-order valence-electron chi connectivity index (χ0n) is 10.5. The van der Waals surface area contributed by atoms with Crippen molar-refractivity contribution in [2.75, 3.05) is 7.11 Å². The maximum Gasteiger partial charge on any atom is 0.125 e. The molecule has 1 aromatic carbocycles. The number of fused-ring (bicyclic) bond motifs is 1. The van der Waals surface area contributed by atoms with Gasteiger partial charge in [0.25, 0.3) is 0 Å². The van der Waals surface area contributed by atoms with E-state index in [9.17, 15) is 5.11 Å². The normalized spacial score (nSPS) is 12.5. The molecule has 2 aromatic heterocycles. The van der Waals surface area contributed by atoms with Gasteiger partial charge in [-0.05, 0) is 18.2 Å². The molecule has 0 aliphatic heterocycles. The van der Waals surface area contributed by atoms with Crippen LogP contribution >= 0.6 is 0 Å². The van der Waals surface area contributed by atoms with Crippen molar-refractivity contribution < 1.29 is 9.84 Å². The lowest BCUT2D eigenvalue weighted by Gasteiger charge is -2.13. The Bertz CT molecular complexity index is 706. The second-order valence-electron chi connectivity index (χ2n) is 4.27. The number of hydrogen-bond donors (Lipinski definition) is 1. The van der Waals surface area contributed by atoms with Crippen molar-refractivity contribution in [2.45, 2.75) is 6.10 Å². The summed E-state index contributed by atoms with van der Waals surface area (Å²) >= 11 is 0. The summed E-state index contributed by atoms with van der Waals surface area (Å²) < 4.78 is 7.03. The van der Waals surface area contributed by atoms with E-state index in [-0.39, 0.29) is 0 Å². The Labute approximate surface area is 110 Å². The number of aliphatic hydroxyl groups is 1. The summed E-state index contributed by atoms with van der Waals surface area (Å²) in [4.78, 5) is 0. The fourth-order valence-corrected chi connectivity index (χ4v) is 2.22. The molecule has 0 fully saturated rings. The largest absolute Gasteiger partial charge is 0.496 e. The summed E-state index contributed by atoms with van der Waals surface area (Å²) in [5, 5.41) is 14.8. The second kappa shape index (κ2) is 4.74. The summed E-state index contributed by atoms with van der Waals surface area (Å²) in [6.07, 6.45) is 2.79. The molecule has 0 amide bonds. The first-order valence-electron chi connectivity index (χ1n) is 6.04. The molecule has 4 heteroatoms. The van der Waals surface area contributed by atoms with Crippen LogP contribution in [0, 0.1) is 0 Å². The van der Waals surface area contributed by atoms with Gasteiger partial charge in [0.15, 0.2) is 0 Å². The molecule has 0 aliphatic carbocycles. The van der Waals surface area contributed by atoms with Gasteiger partial charge in [-0.2, -0.15) is 5.10 Å². The van der Waals surface area contributed by atoms with E-state index in [0.717, 1.165) is 16.6 Å². The first kappa shape index (κ1) is 11.7. The predicted octanol–water partition coefficient (Wildman–Crippen LogP) is 2.42. The van der Waals surface area contributed by atoms with E-state index in [0.29, 0.717) is 5.75 Å². The molecule has 0 saturated carbocycles. The van der Waals surface area contributed by atoms with Gasteiger partial charge in [0, 0.05) is 17.3 Å². The van der Waals surface area contributed by atoms with Gasteiger partial charge in [0.1, 0.15) is 11.9 Å². The molecule has 0 spiro atoms. The van der Waals surface area contributed by atoms with Crippen LogP contribution in [0.15, 0.2) is 54.9 Å². The van der Waals surface area contributed by atoms with E-state index < -0.39 is 6.10 Å². The number of methoxy groups -OCH3 is 1. The summed E-state index contributed by atoms with van der Waals surface area (Å²) in [5.74, 6) is 0.672. The molecule has 2 heterocycles. The van der Waals surface area contributed by atoms with Crippen LogP contribution in [-0.2, 0) is 0 Å². The van der Waals surface area contributed by atoms with E-state index in [4.69, 9.17) is 4.74 Å². The monoisotopic (exact) mass is 254 g/mol. The summed E-state index contributed by atoms with van der Waals surface area (Å²) in [6, 6.07) is 13.2. The zero-order chi connectivity index (χ0) is 13.2. The van der Waals surface area contributed by atoms with Gasteiger partial charge in [0.05, 0.1) is 18.8 Å². The third-order valence-electron chi connectivity index (χ3n) is 3.18. The van der Waals surface area contributed by atoms with Gasteiger partial charge < -0.3 is 9.84 Å². The number of pyridine rings is 1. The van der Waals surface area contributed by atoms with Crippen LogP contribution in [0.2, 0.25) is 0 Å². The van der Waals surface area contributed by atoms with Gasteiger partial charge in [0.2, 0.25) is 0 Å². The predicted molar refractivity (Wildman–Crippen MR) is 72.2 cm³/mol. The molecule has 1 atom stereocenters. The summed E-state index contributed by atoms with van der Waals surface area (Å²) in [7, 11) is 1.60. The highest BCUT2D eigenvalue weighted by Gasteiger charge is 2.18. The van der Waals surface area contributed by atoms with Crippen LogP contribution < -0.4 is 4.74 Å². The average Bonchev–Trinajstić information content (AvgIpc) is 2.90. The van der Waals surface area contributed by atoms with Gasteiger partial charge in [-0.15, -0.1) is 0 Å². The smallest absolute Gasteiger partial charge is 0.125 e. The van der Waals surface area contributed by atoms with Crippen molar-refractivity contribution in [2.24, 2.45) is 0 Å². The average molecular weight is 254 g/mol. The van der Waals surface area contributed by atoms with E-state index >= 15 is 0 Å². The van der Waals surface area contributed by atoms with Crippen molar-refractivity contribution in [3.63, 3.8) is 0 Å². The number of aliphatic hydroxyl groups excluding tert-OH is 1. The van der Waals surface area contributed by atoms with E-state index in [2.05, 4.69) is 5.10 Å². The summed E-state index contributed by atoms with van der Waals surface area (Å²) in [6.45, 7) is 0. The number of hydrogen-bond acceptors (Lipinski definition) is 3. The second-order valence-corrected chi connectivity index (χ2v) is 4.27. The minimum absolute atomic E-state index is 0.672. The quantitative estimate of drug-likeness (QED) is 0.780. The molecule has 0 bridgehead atoms. The molecule has 0 aliphatic rings. The van der Waals surface area contributed by atoms with Crippen LogP contribution in [-0.4, -0.2) is 21.8 Å². The maximum atomic E-state index is 10.6. The minimum Gasteiger partial charge on any atom is -0.496 e. The van der Waals surface area contributed by atoms with Crippen molar-refractivity contribution >= 4 is 5.52 Å². The Hall–Kier alpha value is -2.33. The fraction of sp³-hybridized carbons (Fsp3) is 0.133. The number of ether oxygens (including phenoxy) is 1. The molecule has 1 N–H and O–H groups in total. The van der Waals surface area contributed by atoms with Crippen LogP contribution in [0.5, 0.6) is 5.75 Å². The van der Waals surface area contributed by atoms with Crippen molar-refractivity contribution in [1.82, 2.24) is 9.61 Å². The Balaban J connectivity index is 2.11. The maximum absolute atomic E-state index is 10.6. The van der Waals surface area contributed by atoms with Gasteiger partial charge >= 0.3 is 0 Å².